The first kappa shape index (κ1) is 10.1. The molecule has 3 heteroatoms. The Bertz CT molecular complexity index is 104. The molecule has 0 saturated heterocycles. The molecule has 1 N–H and O–H groups in total. The van der Waals surface area contributed by atoms with E-state index in [4.69, 9.17) is 4.74 Å². The number of ether oxygens (including phenoxy) is 1. The molecule has 0 rings (SSSR count). The molecule has 0 saturated carbocycles. The van der Waals surface area contributed by atoms with Gasteiger partial charge in [-0.1, -0.05) is 0 Å². The fourth-order valence-electron chi connectivity index (χ4n) is 0.630. The van der Waals surface area contributed by atoms with Crippen LogP contribution in [0.2, 0.25) is 0 Å². The van der Waals surface area contributed by atoms with E-state index in [2.05, 4.69) is 15.6 Å². The van der Waals surface area contributed by atoms with Crippen molar-refractivity contribution in [3.8, 4) is 0 Å². The number of rotatable bonds is 5. The van der Waals surface area contributed by atoms with Crippen LogP contribution in [0.5, 0.6) is 0 Å². The molecular weight excluding hydrogens is 195 g/mol. The summed E-state index contributed by atoms with van der Waals surface area (Å²) >= 11 is 2.71. The Morgan fingerprint density at radius 2 is 2.20 bits per heavy atom. The van der Waals surface area contributed by atoms with Crippen molar-refractivity contribution in [1.82, 2.24) is 0 Å². The van der Waals surface area contributed by atoms with Gasteiger partial charge in [-0.3, -0.25) is 0 Å². The average Bonchev–Trinajstić information content (AvgIpc) is 1.89. The van der Waals surface area contributed by atoms with Crippen LogP contribution in [0.15, 0.2) is 0 Å². The first-order chi connectivity index (χ1) is 4.72. The van der Waals surface area contributed by atoms with Gasteiger partial charge in [0.1, 0.15) is 0 Å². The van der Waals surface area contributed by atoms with Crippen LogP contribution in [0.1, 0.15) is 26.7 Å². The van der Waals surface area contributed by atoms with E-state index in [9.17, 15) is 5.11 Å². The molecule has 0 heterocycles. The van der Waals surface area contributed by atoms with Crippen LogP contribution < -0.4 is 0 Å². The maximum absolute atomic E-state index is 9.26. The molecule has 0 aromatic heterocycles. The van der Waals surface area contributed by atoms with E-state index in [1.165, 1.54) is 0 Å². The third kappa shape index (κ3) is 4.04. The van der Waals surface area contributed by atoms with Gasteiger partial charge in [0.15, 0.2) is 0 Å². The third-order valence-corrected chi connectivity index (χ3v) is 1.94. The summed E-state index contributed by atoms with van der Waals surface area (Å²) < 4.78 is 5.68. The molecule has 2 nitrogen and oxygen atoms in total. The van der Waals surface area contributed by atoms with Crippen molar-refractivity contribution >= 4 is 20.2 Å². The Hall–Kier alpha value is 0.149. The zero-order valence-electron chi connectivity index (χ0n) is 6.46. The zero-order valence-corrected chi connectivity index (χ0v) is 8.18. The van der Waals surface area contributed by atoms with Crippen molar-refractivity contribution in [3.63, 3.8) is 0 Å². The first-order valence-electron chi connectivity index (χ1n) is 3.57. The predicted molar refractivity (Wildman–Crippen MR) is 43.3 cm³/mol. The average molecular weight is 209 g/mol. The molecule has 0 aromatic carbocycles. The summed E-state index contributed by atoms with van der Waals surface area (Å²) in [5, 5.41) is 9.26. The molecule has 1 atom stereocenters. The van der Waals surface area contributed by atoms with Crippen molar-refractivity contribution in [3.05, 3.63) is 0 Å². The molecule has 60 valence electrons. The van der Waals surface area contributed by atoms with Crippen molar-refractivity contribution in [2.75, 3.05) is 6.61 Å². The van der Waals surface area contributed by atoms with E-state index >= 15 is 0 Å². The molecule has 0 bridgehead atoms. The molecule has 0 aliphatic rings. The first-order valence-corrected chi connectivity index (χ1v) is 4.42. The van der Waals surface area contributed by atoms with Gasteiger partial charge in [-0.2, -0.15) is 0 Å². The topological polar surface area (TPSA) is 29.5 Å². The Kier molecular flexibility index (Phi) is 5.99. The van der Waals surface area contributed by atoms with Crippen LogP contribution in [0, 0.1) is 0 Å². The fourth-order valence-corrected chi connectivity index (χ4v) is 1.12. The van der Waals surface area contributed by atoms with E-state index in [1.807, 2.05) is 13.8 Å². The standard InChI is InChI=1S/C7H14O2Se/c1-3-5-6(8)7(10)9-4-2/h6,8H,3-5H2,1-2H3/t6-/m0/s1. The quantitative estimate of drug-likeness (QED) is 0.667. The molecule has 0 radical (unpaired) electrons. The van der Waals surface area contributed by atoms with E-state index in [0.29, 0.717) is 11.2 Å². The minimum atomic E-state index is -0.426. The summed E-state index contributed by atoms with van der Waals surface area (Å²) in [7, 11) is 0. The van der Waals surface area contributed by atoms with Crippen LogP contribution in [0.4, 0.5) is 0 Å². The van der Waals surface area contributed by atoms with Gasteiger partial charge in [0.05, 0.1) is 0 Å². The monoisotopic (exact) mass is 210 g/mol. The van der Waals surface area contributed by atoms with E-state index in [1.54, 1.807) is 0 Å². The number of hydrogen-bond donors (Lipinski definition) is 1. The van der Waals surface area contributed by atoms with Gasteiger partial charge in [-0.25, -0.2) is 0 Å². The minimum absolute atomic E-state index is 0.426. The fraction of sp³-hybridized carbons (Fsp3) is 0.857. The van der Waals surface area contributed by atoms with Gasteiger partial charge in [0.25, 0.3) is 0 Å². The molecule has 0 aliphatic carbocycles. The summed E-state index contributed by atoms with van der Waals surface area (Å²) in [5.41, 5.74) is 0. The second-order valence-electron chi connectivity index (χ2n) is 2.06. The molecule has 0 amide bonds. The van der Waals surface area contributed by atoms with E-state index in [0.717, 1.165) is 12.8 Å². The Balaban J connectivity index is 3.49. The summed E-state index contributed by atoms with van der Waals surface area (Å²) in [6.07, 6.45) is 1.31. The van der Waals surface area contributed by atoms with Crippen LogP contribution in [-0.4, -0.2) is 38.0 Å². The molecule has 0 spiro atoms. The van der Waals surface area contributed by atoms with Crippen LogP contribution in [0.25, 0.3) is 0 Å². The van der Waals surface area contributed by atoms with Gasteiger partial charge < -0.3 is 0 Å². The predicted octanol–water partition coefficient (Wildman–Crippen LogP) is 0.482. The van der Waals surface area contributed by atoms with Gasteiger partial charge >= 0.3 is 69.4 Å². The Morgan fingerprint density at radius 1 is 1.60 bits per heavy atom. The van der Waals surface area contributed by atoms with Gasteiger partial charge in [0, 0.05) is 0 Å². The summed E-state index contributed by atoms with van der Waals surface area (Å²) in [5.74, 6) is 0. The van der Waals surface area contributed by atoms with E-state index < -0.39 is 6.10 Å². The number of aliphatic hydroxyl groups excluding tert-OH is 1. The Labute approximate surface area is 69.9 Å². The van der Waals surface area contributed by atoms with Crippen molar-refractivity contribution in [2.24, 2.45) is 0 Å². The molecule has 10 heavy (non-hydrogen) atoms. The number of aliphatic hydroxyl groups is 1. The molecule has 0 aliphatic heterocycles. The Morgan fingerprint density at radius 3 is 2.60 bits per heavy atom. The summed E-state index contributed by atoms with van der Waals surface area (Å²) in [4.78, 5) is 0. The van der Waals surface area contributed by atoms with Crippen LogP contribution in [0.3, 0.4) is 0 Å². The third-order valence-electron chi connectivity index (χ3n) is 1.12. The molecule has 0 unspecified atom stereocenters. The van der Waals surface area contributed by atoms with Crippen LogP contribution >= 0.6 is 0 Å². The second-order valence-corrected chi connectivity index (χ2v) is 2.90. The molecular formula is C7H14O2Se. The molecule has 0 fully saturated rings. The second kappa shape index (κ2) is 5.90. The van der Waals surface area contributed by atoms with Crippen LogP contribution in [-0.2, 0) is 4.74 Å². The van der Waals surface area contributed by atoms with Gasteiger partial charge in [-0.15, -0.1) is 0 Å². The zero-order chi connectivity index (χ0) is 7.98. The van der Waals surface area contributed by atoms with Crippen molar-refractivity contribution in [2.45, 2.75) is 32.8 Å². The van der Waals surface area contributed by atoms with E-state index in [-0.39, 0.29) is 0 Å². The van der Waals surface area contributed by atoms with Crippen molar-refractivity contribution < 1.29 is 9.84 Å². The maximum atomic E-state index is 9.26. The van der Waals surface area contributed by atoms with Gasteiger partial charge in [0.2, 0.25) is 0 Å². The SMILES string of the molecule is CCC[C@H](O)C(=[Se])OCC. The van der Waals surface area contributed by atoms with Gasteiger partial charge in [-0.05, 0) is 0 Å². The summed E-state index contributed by atoms with van der Waals surface area (Å²) in [6.45, 7) is 4.54. The van der Waals surface area contributed by atoms with Crippen molar-refractivity contribution in [1.29, 1.82) is 0 Å². The summed E-state index contributed by atoms with van der Waals surface area (Å²) in [6, 6.07) is 0. The number of hydrogen-bond acceptors (Lipinski definition) is 2. The molecule has 0 aromatic rings. The normalized spacial score (nSPS) is 12.7.